The van der Waals surface area contributed by atoms with Gasteiger partial charge in [0.1, 0.15) is 17.3 Å². The lowest BCUT2D eigenvalue weighted by Crippen LogP contribution is -1.85. The van der Waals surface area contributed by atoms with Crippen LogP contribution >= 0.6 is 0 Å². The number of hydrogen-bond donors (Lipinski definition) is 2. The molecule has 2 N–H and O–H groups in total. The summed E-state index contributed by atoms with van der Waals surface area (Å²) in [5.41, 5.74) is 0.857. The Morgan fingerprint density at radius 1 is 1.16 bits per heavy atom. The molecule has 0 amide bonds. The van der Waals surface area contributed by atoms with Gasteiger partial charge < -0.3 is 5.11 Å². The Balaban J connectivity index is 2.04. The Kier molecular flexibility index (Phi) is 2.68. The predicted octanol–water partition coefficient (Wildman–Crippen LogP) is 2.38. The second-order valence-electron chi connectivity index (χ2n) is 3.88. The van der Waals surface area contributed by atoms with E-state index in [4.69, 9.17) is 0 Å². The molecule has 0 bridgehead atoms. The highest BCUT2D eigenvalue weighted by Gasteiger charge is 2.12. The first-order valence-electron chi connectivity index (χ1n) is 5.57. The van der Waals surface area contributed by atoms with Gasteiger partial charge in [-0.3, -0.25) is 10.1 Å². The SMILES string of the molecule is Oc1ccc(F)cc1-c1n[nH]c(-c2ccccn2)n1. The topological polar surface area (TPSA) is 74.7 Å². The van der Waals surface area contributed by atoms with Crippen LogP contribution in [0.15, 0.2) is 42.6 Å². The third kappa shape index (κ3) is 2.15. The summed E-state index contributed by atoms with van der Waals surface area (Å²) in [5.74, 6) is 0.141. The number of H-pyrrole nitrogens is 1. The Hall–Kier alpha value is -2.76. The maximum Gasteiger partial charge on any atom is 0.185 e. The third-order valence-corrected chi connectivity index (χ3v) is 2.59. The van der Waals surface area contributed by atoms with Gasteiger partial charge in [0.2, 0.25) is 0 Å². The molecule has 19 heavy (non-hydrogen) atoms. The first-order chi connectivity index (χ1) is 9.24. The number of nitrogens with one attached hydrogen (secondary N) is 1. The summed E-state index contributed by atoms with van der Waals surface area (Å²) < 4.78 is 13.2. The highest BCUT2D eigenvalue weighted by molar-refractivity contribution is 5.65. The molecule has 3 aromatic rings. The van der Waals surface area contributed by atoms with E-state index in [-0.39, 0.29) is 17.1 Å². The van der Waals surface area contributed by atoms with Crippen molar-refractivity contribution in [1.29, 1.82) is 0 Å². The second-order valence-corrected chi connectivity index (χ2v) is 3.88. The number of hydrogen-bond acceptors (Lipinski definition) is 4. The van der Waals surface area contributed by atoms with Gasteiger partial charge in [-0.2, -0.15) is 5.10 Å². The Morgan fingerprint density at radius 3 is 2.84 bits per heavy atom. The van der Waals surface area contributed by atoms with E-state index in [1.807, 2.05) is 6.07 Å². The molecule has 0 saturated carbocycles. The molecular formula is C13H9FN4O. The van der Waals surface area contributed by atoms with E-state index in [0.717, 1.165) is 0 Å². The zero-order valence-electron chi connectivity index (χ0n) is 9.71. The van der Waals surface area contributed by atoms with Crippen molar-refractivity contribution in [3.05, 3.63) is 48.4 Å². The van der Waals surface area contributed by atoms with E-state index < -0.39 is 5.82 Å². The van der Waals surface area contributed by atoms with Crippen molar-refractivity contribution in [3.63, 3.8) is 0 Å². The minimum absolute atomic E-state index is 0.0760. The van der Waals surface area contributed by atoms with Gasteiger partial charge in [-0.05, 0) is 30.3 Å². The normalized spacial score (nSPS) is 10.6. The van der Waals surface area contributed by atoms with Crippen LogP contribution in [0.5, 0.6) is 5.75 Å². The molecular weight excluding hydrogens is 247 g/mol. The molecule has 2 heterocycles. The molecule has 0 unspecified atom stereocenters. The van der Waals surface area contributed by atoms with Gasteiger partial charge >= 0.3 is 0 Å². The van der Waals surface area contributed by atoms with Gasteiger partial charge in [0, 0.05) is 6.20 Å². The smallest absolute Gasteiger partial charge is 0.185 e. The van der Waals surface area contributed by atoms with Crippen LogP contribution < -0.4 is 0 Å². The van der Waals surface area contributed by atoms with Crippen molar-refractivity contribution in [3.8, 4) is 28.7 Å². The molecule has 2 aromatic heterocycles. The number of aromatic hydroxyl groups is 1. The Morgan fingerprint density at radius 2 is 2.05 bits per heavy atom. The molecule has 1 aromatic carbocycles. The summed E-state index contributed by atoms with van der Waals surface area (Å²) in [4.78, 5) is 8.32. The molecule has 0 radical (unpaired) electrons. The van der Waals surface area contributed by atoms with Crippen molar-refractivity contribution in [2.75, 3.05) is 0 Å². The summed E-state index contributed by atoms with van der Waals surface area (Å²) in [7, 11) is 0. The minimum Gasteiger partial charge on any atom is -0.507 e. The largest absolute Gasteiger partial charge is 0.507 e. The van der Waals surface area contributed by atoms with Crippen LogP contribution in [-0.2, 0) is 0 Å². The maximum atomic E-state index is 13.2. The lowest BCUT2D eigenvalue weighted by atomic mass is 10.2. The van der Waals surface area contributed by atoms with Crippen LogP contribution in [0.2, 0.25) is 0 Å². The number of rotatable bonds is 2. The third-order valence-electron chi connectivity index (χ3n) is 2.59. The predicted molar refractivity (Wildman–Crippen MR) is 66.7 cm³/mol. The van der Waals surface area contributed by atoms with E-state index in [1.165, 1.54) is 18.2 Å². The quantitative estimate of drug-likeness (QED) is 0.738. The van der Waals surface area contributed by atoms with Crippen molar-refractivity contribution < 1.29 is 9.50 Å². The van der Waals surface area contributed by atoms with Gasteiger partial charge in [-0.1, -0.05) is 6.07 Å². The maximum absolute atomic E-state index is 13.2. The number of nitrogens with zero attached hydrogens (tertiary/aromatic N) is 3. The lowest BCUT2D eigenvalue weighted by molar-refractivity contribution is 0.475. The van der Waals surface area contributed by atoms with Crippen LogP contribution in [0, 0.1) is 5.82 Å². The molecule has 6 heteroatoms. The number of pyridine rings is 1. The highest BCUT2D eigenvalue weighted by Crippen LogP contribution is 2.27. The fourth-order valence-corrected chi connectivity index (χ4v) is 1.69. The fourth-order valence-electron chi connectivity index (χ4n) is 1.69. The first-order valence-corrected chi connectivity index (χ1v) is 5.57. The van der Waals surface area contributed by atoms with Gasteiger partial charge in [0.15, 0.2) is 11.6 Å². The van der Waals surface area contributed by atoms with Crippen molar-refractivity contribution in [1.82, 2.24) is 20.2 Å². The number of halogens is 1. The van der Waals surface area contributed by atoms with Crippen molar-refractivity contribution in [2.45, 2.75) is 0 Å². The lowest BCUT2D eigenvalue weighted by Gasteiger charge is -1.99. The van der Waals surface area contributed by atoms with E-state index in [1.54, 1.807) is 18.3 Å². The Bertz CT molecular complexity index is 712. The molecule has 0 aliphatic carbocycles. The standard InChI is InChI=1S/C13H9FN4O/c14-8-4-5-11(19)9(7-8)12-16-13(18-17-12)10-3-1-2-6-15-10/h1-7,19H,(H,16,17,18). The van der Waals surface area contributed by atoms with Crippen molar-refractivity contribution >= 4 is 0 Å². The average molecular weight is 256 g/mol. The number of aromatic nitrogens is 4. The number of aromatic amines is 1. The Labute approximate surface area is 107 Å². The molecule has 94 valence electrons. The molecule has 0 aliphatic rings. The summed E-state index contributed by atoms with van der Waals surface area (Å²) in [6.45, 7) is 0. The number of benzene rings is 1. The van der Waals surface area contributed by atoms with Crippen LogP contribution in [0.1, 0.15) is 0 Å². The number of phenols is 1. The summed E-state index contributed by atoms with van der Waals surface area (Å²) in [6, 6.07) is 9.01. The van der Waals surface area contributed by atoms with E-state index in [2.05, 4.69) is 20.2 Å². The molecule has 0 atom stereocenters. The van der Waals surface area contributed by atoms with Gasteiger partial charge in [0.25, 0.3) is 0 Å². The summed E-state index contributed by atoms with van der Waals surface area (Å²) >= 11 is 0. The molecule has 0 saturated heterocycles. The zero-order valence-corrected chi connectivity index (χ0v) is 9.71. The van der Waals surface area contributed by atoms with Crippen LogP contribution in [0.25, 0.3) is 22.9 Å². The molecule has 3 rings (SSSR count). The van der Waals surface area contributed by atoms with E-state index in [0.29, 0.717) is 11.5 Å². The molecule has 0 spiro atoms. The fraction of sp³-hybridized carbons (Fsp3) is 0. The van der Waals surface area contributed by atoms with Crippen molar-refractivity contribution in [2.24, 2.45) is 0 Å². The van der Waals surface area contributed by atoms with Gasteiger partial charge in [-0.25, -0.2) is 9.37 Å². The van der Waals surface area contributed by atoms with E-state index in [9.17, 15) is 9.50 Å². The first kappa shape index (κ1) is 11.3. The molecule has 0 aliphatic heterocycles. The second kappa shape index (κ2) is 4.49. The molecule has 5 nitrogen and oxygen atoms in total. The van der Waals surface area contributed by atoms with Crippen LogP contribution in [0.4, 0.5) is 4.39 Å². The highest BCUT2D eigenvalue weighted by atomic mass is 19.1. The van der Waals surface area contributed by atoms with E-state index >= 15 is 0 Å². The summed E-state index contributed by atoms with van der Waals surface area (Å²) in [5, 5.41) is 16.4. The van der Waals surface area contributed by atoms with Crippen LogP contribution in [0.3, 0.4) is 0 Å². The summed E-state index contributed by atoms with van der Waals surface area (Å²) in [6.07, 6.45) is 1.64. The minimum atomic E-state index is -0.461. The average Bonchev–Trinajstić information content (AvgIpc) is 2.92. The molecule has 0 fully saturated rings. The monoisotopic (exact) mass is 256 g/mol. The van der Waals surface area contributed by atoms with Gasteiger partial charge in [-0.15, -0.1) is 0 Å². The van der Waals surface area contributed by atoms with Gasteiger partial charge in [0.05, 0.1) is 5.56 Å². The number of phenolic OH excluding ortho intramolecular Hbond substituents is 1. The zero-order chi connectivity index (χ0) is 13.2. The van der Waals surface area contributed by atoms with Crippen LogP contribution in [-0.4, -0.2) is 25.3 Å².